The van der Waals surface area contributed by atoms with E-state index in [0.717, 1.165) is 22.0 Å². The van der Waals surface area contributed by atoms with E-state index >= 15 is 0 Å². The number of hydrogen-bond donors (Lipinski definition) is 0. The zero-order valence-corrected chi connectivity index (χ0v) is 15.9. The van der Waals surface area contributed by atoms with E-state index in [1.807, 2.05) is 35.0 Å². The van der Waals surface area contributed by atoms with Gasteiger partial charge in [-0.25, -0.2) is 9.18 Å². The summed E-state index contributed by atoms with van der Waals surface area (Å²) in [5, 5.41) is 0.940. The molecule has 3 rings (SSSR count). The van der Waals surface area contributed by atoms with E-state index in [1.165, 1.54) is 18.2 Å². The maximum Gasteiger partial charge on any atom is 0.375 e. The summed E-state index contributed by atoms with van der Waals surface area (Å²) < 4.78 is 19.8. The fourth-order valence-corrected chi connectivity index (χ4v) is 3.01. The monoisotopic (exact) mass is 393 g/mol. The van der Waals surface area contributed by atoms with Gasteiger partial charge in [0.1, 0.15) is 5.82 Å². The number of carbonyl (C=O) groups is 3. The number of ketones is 2. The lowest BCUT2D eigenvalue weighted by molar-refractivity contribution is -0.154. The molecule has 0 aliphatic rings. The third-order valence-corrected chi connectivity index (χ3v) is 4.37. The molecule has 29 heavy (non-hydrogen) atoms. The number of halogens is 1. The maximum absolute atomic E-state index is 13.1. The number of esters is 1. The summed E-state index contributed by atoms with van der Waals surface area (Å²) in [4.78, 5) is 35.0. The number of aromatic nitrogens is 1. The Kier molecular flexibility index (Phi) is 6.34. The standard InChI is InChI=1S/C23H20FNO4/c1-2-29-23(28)22(27)13-19(26)12-9-17-15-25(21-6-4-3-5-20(17)21)14-16-7-10-18(24)11-8-16/h3-12,15H,2,13-14H2,1H3/b12-9+. The molecule has 0 aliphatic heterocycles. The van der Waals surface area contributed by atoms with Crippen LogP contribution in [0.4, 0.5) is 4.39 Å². The second-order valence-electron chi connectivity index (χ2n) is 6.48. The SMILES string of the molecule is CCOC(=O)C(=O)CC(=O)/C=C/c1cn(Cc2ccc(F)cc2)c2ccccc12. The number of rotatable bonds is 8. The molecule has 1 heterocycles. The van der Waals surface area contributed by atoms with Crippen molar-refractivity contribution in [3.63, 3.8) is 0 Å². The van der Waals surface area contributed by atoms with Crippen LogP contribution in [0, 0.1) is 5.82 Å². The maximum atomic E-state index is 13.1. The molecular formula is C23H20FNO4. The predicted octanol–water partition coefficient (Wildman–Crippen LogP) is 3.93. The van der Waals surface area contributed by atoms with E-state index in [4.69, 9.17) is 0 Å². The number of carbonyl (C=O) groups excluding carboxylic acids is 3. The number of nitrogens with zero attached hydrogens (tertiary/aromatic N) is 1. The van der Waals surface area contributed by atoms with Gasteiger partial charge in [-0.2, -0.15) is 0 Å². The van der Waals surface area contributed by atoms with Crippen LogP contribution in [-0.2, 0) is 25.7 Å². The number of benzene rings is 2. The molecule has 0 spiro atoms. The smallest absolute Gasteiger partial charge is 0.375 e. The minimum absolute atomic E-state index is 0.0855. The second kappa shape index (κ2) is 9.10. The quantitative estimate of drug-likeness (QED) is 0.252. The summed E-state index contributed by atoms with van der Waals surface area (Å²) in [7, 11) is 0. The first-order valence-corrected chi connectivity index (χ1v) is 9.21. The summed E-state index contributed by atoms with van der Waals surface area (Å²) in [6.07, 6.45) is 4.29. The van der Waals surface area contributed by atoms with Gasteiger partial charge in [-0.15, -0.1) is 0 Å². The van der Waals surface area contributed by atoms with Gasteiger partial charge >= 0.3 is 5.97 Å². The molecule has 0 saturated carbocycles. The molecule has 0 bridgehead atoms. The van der Waals surface area contributed by atoms with Crippen molar-refractivity contribution in [2.24, 2.45) is 0 Å². The number of hydrogen-bond acceptors (Lipinski definition) is 4. The molecule has 1 aromatic heterocycles. The zero-order chi connectivity index (χ0) is 20.8. The van der Waals surface area contributed by atoms with Crippen LogP contribution in [0.1, 0.15) is 24.5 Å². The molecule has 0 saturated heterocycles. The molecule has 3 aromatic rings. The number of para-hydroxylation sites is 1. The van der Waals surface area contributed by atoms with Crippen molar-refractivity contribution in [1.82, 2.24) is 4.57 Å². The van der Waals surface area contributed by atoms with Crippen molar-refractivity contribution in [2.45, 2.75) is 19.9 Å². The fraction of sp³-hybridized carbons (Fsp3) is 0.174. The van der Waals surface area contributed by atoms with E-state index in [1.54, 1.807) is 25.1 Å². The van der Waals surface area contributed by atoms with Crippen LogP contribution < -0.4 is 0 Å². The zero-order valence-electron chi connectivity index (χ0n) is 15.9. The Morgan fingerprint density at radius 3 is 2.52 bits per heavy atom. The molecule has 6 heteroatoms. The van der Waals surface area contributed by atoms with E-state index < -0.39 is 24.0 Å². The Hall–Kier alpha value is -3.54. The van der Waals surface area contributed by atoms with Gasteiger partial charge in [0.05, 0.1) is 13.0 Å². The highest BCUT2D eigenvalue weighted by atomic mass is 19.1. The van der Waals surface area contributed by atoms with Gasteiger partial charge in [0.15, 0.2) is 5.78 Å². The Balaban J connectivity index is 1.80. The summed E-state index contributed by atoms with van der Waals surface area (Å²) >= 11 is 0. The largest absolute Gasteiger partial charge is 0.460 e. The van der Waals surface area contributed by atoms with Gasteiger partial charge in [-0.3, -0.25) is 9.59 Å². The summed E-state index contributed by atoms with van der Waals surface area (Å²) in [6.45, 7) is 2.22. The minimum Gasteiger partial charge on any atom is -0.460 e. The Labute approximate surface area is 167 Å². The van der Waals surface area contributed by atoms with Gasteiger partial charge in [0, 0.05) is 29.2 Å². The summed E-state index contributed by atoms with van der Waals surface area (Å²) in [6, 6.07) is 14.0. The fourth-order valence-electron chi connectivity index (χ4n) is 3.01. The van der Waals surface area contributed by atoms with Gasteiger partial charge in [0.2, 0.25) is 5.78 Å². The van der Waals surface area contributed by atoms with E-state index in [0.29, 0.717) is 6.54 Å². The topological polar surface area (TPSA) is 65.4 Å². The Morgan fingerprint density at radius 1 is 1.07 bits per heavy atom. The first-order chi connectivity index (χ1) is 14.0. The molecule has 0 unspecified atom stereocenters. The molecule has 0 atom stereocenters. The van der Waals surface area contributed by atoms with Crippen molar-refractivity contribution < 1.29 is 23.5 Å². The molecule has 0 fully saturated rings. The van der Waals surface area contributed by atoms with Crippen molar-refractivity contribution in [2.75, 3.05) is 6.61 Å². The number of Topliss-reactive ketones (excluding diaryl/α,β-unsaturated/α-hetero) is 1. The predicted molar refractivity (Wildman–Crippen MR) is 108 cm³/mol. The molecule has 0 amide bonds. The highest BCUT2D eigenvalue weighted by Gasteiger charge is 2.17. The highest BCUT2D eigenvalue weighted by Crippen LogP contribution is 2.23. The summed E-state index contributed by atoms with van der Waals surface area (Å²) in [5.41, 5.74) is 2.71. The van der Waals surface area contributed by atoms with E-state index in [-0.39, 0.29) is 12.4 Å². The third-order valence-electron chi connectivity index (χ3n) is 4.37. The Morgan fingerprint density at radius 2 is 1.79 bits per heavy atom. The van der Waals surface area contributed by atoms with E-state index in [9.17, 15) is 18.8 Å². The summed E-state index contributed by atoms with van der Waals surface area (Å²) in [5.74, 6) is -2.62. The van der Waals surface area contributed by atoms with Gasteiger partial charge in [0.25, 0.3) is 0 Å². The first kappa shape index (κ1) is 20.2. The van der Waals surface area contributed by atoms with Gasteiger partial charge < -0.3 is 9.30 Å². The minimum atomic E-state index is -0.995. The number of allylic oxidation sites excluding steroid dienone is 1. The van der Waals surface area contributed by atoms with Crippen molar-refractivity contribution in [3.8, 4) is 0 Å². The molecule has 0 radical (unpaired) electrons. The normalized spacial score (nSPS) is 11.1. The molecular weight excluding hydrogens is 373 g/mol. The van der Waals surface area contributed by atoms with Gasteiger partial charge in [-0.05, 0) is 42.8 Å². The number of ether oxygens (including phenoxy) is 1. The van der Waals surface area contributed by atoms with Crippen molar-refractivity contribution in [3.05, 3.63) is 77.7 Å². The highest BCUT2D eigenvalue weighted by molar-refractivity contribution is 6.37. The van der Waals surface area contributed by atoms with Gasteiger partial charge in [-0.1, -0.05) is 30.3 Å². The van der Waals surface area contributed by atoms with Crippen LogP contribution in [0.3, 0.4) is 0 Å². The van der Waals surface area contributed by atoms with Crippen LogP contribution in [0.5, 0.6) is 0 Å². The van der Waals surface area contributed by atoms with Crippen LogP contribution in [0.15, 0.2) is 60.8 Å². The second-order valence-corrected chi connectivity index (χ2v) is 6.48. The molecule has 5 nitrogen and oxygen atoms in total. The van der Waals surface area contributed by atoms with E-state index in [2.05, 4.69) is 4.74 Å². The van der Waals surface area contributed by atoms with Crippen molar-refractivity contribution >= 4 is 34.5 Å². The molecule has 2 aromatic carbocycles. The average molecular weight is 393 g/mol. The van der Waals surface area contributed by atoms with Crippen LogP contribution in [0.25, 0.3) is 17.0 Å². The Bertz CT molecular complexity index is 1080. The lowest BCUT2D eigenvalue weighted by Gasteiger charge is -2.05. The van der Waals surface area contributed by atoms with Crippen molar-refractivity contribution in [1.29, 1.82) is 0 Å². The lowest BCUT2D eigenvalue weighted by atomic mass is 10.1. The van der Waals surface area contributed by atoms with Crippen LogP contribution >= 0.6 is 0 Å². The van der Waals surface area contributed by atoms with Crippen LogP contribution in [-0.4, -0.2) is 28.7 Å². The molecule has 148 valence electrons. The first-order valence-electron chi connectivity index (χ1n) is 9.21. The molecule has 0 N–H and O–H groups in total. The third kappa shape index (κ3) is 5.04. The average Bonchev–Trinajstić information content (AvgIpc) is 3.06. The number of fused-ring (bicyclic) bond motifs is 1. The van der Waals surface area contributed by atoms with Crippen LogP contribution in [0.2, 0.25) is 0 Å². The molecule has 0 aliphatic carbocycles. The lowest BCUT2D eigenvalue weighted by Crippen LogP contribution is -2.19.